The van der Waals surface area contributed by atoms with Crippen molar-refractivity contribution in [2.45, 2.75) is 120 Å². The Bertz CT molecular complexity index is 993. The Balaban J connectivity index is 1.44. The van der Waals surface area contributed by atoms with Crippen molar-refractivity contribution in [2.24, 2.45) is 69.0 Å². The highest BCUT2D eigenvalue weighted by molar-refractivity contribution is 5.94. The molecule has 4 aliphatic carbocycles. The average Bonchev–Trinajstić information content (AvgIpc) is 3.23. The number of cyclic esters (lactones) is 1. The molecule has 0 aromatic rings. The topological polar surface area (TPSA) is 43.4 Å². The zero-order valence-electron chi connectivity index (χ0n) is 25.4. The van der Waals surface area contributed by atoms with Crippen molar-refractivity contribution in [1.29, 1.82) is 0 Å². The highest BCUT2D eigenvalue weighted by atomic mass is 16.6. The standard InChI is InChI=1S/C34H54O3/c1-19-15-27-28(35)17-26-25(32(27,8)18-20(19)2)11-13-34(10)29(12-14-33(26,34)9)31(6,7)21(3)16-24-22(4)30(36)37-23(24)5/h17,19-25,27,29H,11-16,18H2,1-10H3/t19-,20+,21-,22+,23-,24+,25?,27-,29-,32-,33+,34-/m1/s1. The van der Waals surface area contributed by atoms with Crippen LogP contribution in [0.2, 0.25) is 0 Å². The Morgan fingerprint density at radius 3 is 2.30 bits per heavy atom. The van der Waals surface area contributed by atoms with Gasteiger partial charge >= 0.3 is 5.97 Å². The molecule has 0 radical (unpaired) electrons. The fraction of sp³-hybridized carbons (Fsp3) is 0.882. The Kier molecular flexibility index (Phi) is 6.45. The predicted octanol–water partition coefficient (Wildman–Crippen LogP) is 8.27. The SMILES string of the molecule is C[C@@H]1C[C@@H]2C(=O)C=C3C(CC[C@]4(C)[C@@H](C(C)(C)[C@H](C)C[C@H]5[C@H](C)C(=O)O[C@@H]5C)CC[C@@]34C)[C@@]2(C)C[C@@H]1C. The maximum Gasteiger partial charge on any atom is 0.309 e. The number of hydrogen-bond acceptors (Lipinski definition) is 3. The lowest BCUT2D eigenvalue weighted by Gasteiger charge is -2.62. The van der Waals surface area contributed by atoms with Crippen molar-refractivity contribution in [1.82, 2.24) is 0 Å². The molecule has 5 rings (SSSR count). The number of carbonyl (C=O) groups is 2. The van der Waals surface area contributed by atoms with Crippen LogP contribution in [0.1, 0.15) is 114 Å². The lowest BCUT2D eigenvalue weighted by Crippen LogP contribution is -2.56. The summed E-state index contributed by atoms with van der Waals surface area (Å²) >= 11 is 0. The summed E-state index contributed by atoms with van der Waals surface area (Å²) in [5.74, 6) is 3.95. The van der Waals surface area contributed by atoms with E-state index in [9.17, 15) is 9.59 Å². The Morgan fingerprint density at radius 2 is 1.68 bits per heavy atom. The molecule has 0 amide bonds. The zero-order chi connectivity index (χ0) is 27.3. The second-order valence-electron chi connectivity index (χ2n) is 15.9. The monoisotopic (exact) mass is 510 g/mol. The fourth-order valence-electron chi connectivity index (χ4n) is 10.9. The minimum Gasteiger partial charge on any atom is -0.462 e. The van der Waals surface area contributed by atoms with Crippen LogP contribution >= 0.6 is 0 Å². The molecule has 1 saturated heterocycles. The molecule has 1 aliphatic heterocycles. The largest absolute Gasteiger partial charge is 0.462 e. The van der Waals surface area contributed by atoms with Crippen LogP contribution in [0.25, 0.3) is 0 Å². The van der Waals surface area contributed by atoms with Gasteiger partial charge in [0, 0.05) is 11.8 Å². The third-order valence-corrected chi connectivity index (χ3v) is 14.2. The van der Waals surface area contributed by atoms with E-state index >= 15 is 0 Å². The van der Waals surface area contributed by atoms with Crippen molar-refractivity contribution < 1.29 is 14.3 Å². The molecular formula is C34H54O3. The third-order valence-electron chi connectivity index (χ3n) is 14.2. The van der Waals surface area contributed by atoms with E-state index in [1.54, 1.807) is 0 Å². The summed E-state index contributed by atoms with van der Waals surface area (Å²) in [5, 5.41) is 0. The first-order valence-corrected chi connectivity index (χ1v) is 15.5. The molecule has 3 nitrogen and oxygen atoms in total. The summed E-state index contributed by atoms with van der Waals surface area (Å²) in [6.45, 7) is 23.9. The van der Waals surface area contributed by atoms with Gasteiger partial charge in [0.2, 0.25) is 0 Å². The molecule has 3 heteroatoms. The number of fused-ring (bicyclic) bond motifs is 5. The van der Waals surface area contributed by atoms with Crippen LogP contribution < -0.4 is 0 Å². The molecule has 0 aromatic heterocycles. The second kappa shape index (κ2) is 8.69. The Hall–Kier alpha value is -1.12. The molecule has 208 valence electrons. The second-order valence-corrected chi connectivity index (χ2v) is 15.9. The van der Waals surface area contributed by atoms with E-state index in [1.807, 2.05) is 0 Å². The average molecular weight is 511 g/mol. The van der Waals surface area contributed by atoms with Crippen molar-refractivity contribution >= 4 is 11.8 Å². The molecule has 1 heterocycles. The minimum absolute atomic E-state index is 0.000758. The predicted molar refractivity (Wildman–Crippen MR) is 150 cm³/mol. The number of allylic oxidation sites excluding steroid dienone is 2. The summed E-state index contributed by atoms with van der Waals surface area (Å²) < 4.78 is 5.60. The molecule has 0 aromatic carbocycles. The van der Waals surface area contributed by atoms with E-state index in [2.05, 4.69) is 75.3 Å². The number of ketones is 1. The molecular weight excluding hydrogens is 456 g/mol. The van der Waals surface area contributed by atoms with Gasteiger partial charge in [-0.3, -0.25) is 9.59 Å². The molecule has 0 N–H and O–H groups in total. The van der Waals surface area contributed by atoms with E-state index in [0.717, 1.165) is 12.8 Å². The van der Waals surface area contributed by atoms with Crippen molar-refractivity contribution in [3.8, 4) is 0 Å². The maximum atomic E-state index is 13.7. The van der Waals surface area contributed by atoms with E-state index in [-0.39, 0.29) is 45.6 Å². The Morgan fingerprint density at radius 1 is 1.00 bits per heavy atom. The number of esters is 1. The van der Waals surface area contributed by atoms with Gasteiger partial charge in [-0.15, -0.1) is 0 Å². The summed E-state index contributed by atoms with van der Waals surface area (Å²) in [6, 6.07) is 0. The van der Waals surface area contributed by atoms with Gasteiger partial charge in [-0.25, -0.2) is 0 Å². The molecule has 3 saturated carbocycles. The molecule has 0 spiro atoms. The first-order chi connectivity index (χ1) is 17.1. The normalized spacial score (nSPS) is 50.6. The van der Waals surface area contributed by atoms with Crippen LogP contribution in [0, 0.1) is 69.0 Å². The lowest BCUT2D eigenvalue weighted by atomic mass is 9.41. The smallest absolute Gasteiger partial charge is 0.309 e. The molecule has 0 bridgehead atoms. The maximum absolute atomic E-state index is 13.7. The van der Waals surface area contributed by atoms with Crippen molar-refractivity contribution in [2.75, 3.05) is 0 Å². The quantitative estimate of drug-likeness (QED) is 0.357. The van der Waals surface area contributed by atoms with Gasteiger partial charge in [-0.1, -0.05) is 67.9 Å². The minimum atomic E-state index is -0.0200. The van der Waals surface area contributed by atoms with Gasteiger partial charge in [-0.05, 0) is 109 Å². The van der Waals surface area contributed by atoms with E-state index in [4.69, 9.17) is 4.74 Å². The van der Waals surface area contributed by atoms with Gasteiger partial charge in [0.1, 0.15) is 6.10 Å². The lowest BCUT2D eigenvalue weighted by molar-refractivity contribution is -0.143. The van der Waals surface area contributed by atoms with E-state index in [0.29, 0.717) is 41.3 Å². The molecule has 4 fully saturated rings. The molecule has 1 unspecified atom stereocenters. The summed E-state index contributed by atoms with van der Waals surface area (Å²) in [4.78, 5) is 26.0. The Labute approximate surface area is 227 Å². The highest BCUT2D eigenvalue weighted by Crippen LogP contribution is 2.74. The first-order valence-electron chi connectivity index (χ1n) is 15.5. The van der Waals surface area contributed by atoms with E-state index < -0.39 is 0 Å². The highest BCUT2D eigenvalue weighted by Gasteiger charge is 2.66. The third kappa shape index (κ3) is 3.71. The summed E-state index contributed by atoms with van der Waals surface area (Å²) in [6.07, 6.45) is 10.5. The number of hydrogen-bond donors (Lipinski definition) is 0. The van der Waals surface area contributed by atoms with Crippen LogP contribution in [0.5, 0.6) is 0 Å². The summed E-state index contributed by atoms with van der Waals surface area (Å²) in [7, 11) is 0. The number of ether oxygens (including phenoxy) is 1. The molecule has 12 atom stereocenters. The summed E-state index contributed by atoms with van der Waals surface area (Å²) in [5.41, 5.74) is 2.10. The van der Waals surface area contributed by atoms with Gasteiger partial charge in [0.25, 0.3) is 0 Å². The number of carbonyl (C=O) groups excluding carboxylic acids is 2. The van der Waals surface area contributed by atoms with Crippen LogP contribution in [0.15, 0.2) is 11.6 Å². The van der Waals surface area contributed by atoms with E-state index in [1.165, 1.54) is 37.7 Å². The van der Waals surface area contributed by atoms with Gasteiger partial charge in [0.15, 0.2) is 5.78 Å². The van der Waals surface area contributed by atoms with Gasteiger partial charge < -0.3 is 4.74 Å². The van der Waals surface area contributed by atoms with Gasteiger partial charge in [0.05, 0.1) is 5.92 Å². The van der Waals surface area contributed by atoms with Crippen LogP contribution in [0.3, 0.4) is 0 Å². The fourth-order valence-corrected chi connectivity index (χ4v) is 10.9. The van der Waals surface area contributed by atoms with Crippen LogP contribution in [-0.4, -0.2) is 17.9 Å². The van der Waals surface area contributed by atoms with Crippen molar-refractivity contribution in [3.05, 3.63) is 11.6 Å². The van der Waals surface area contributed by atoms with Crippen LogP contribution in [0.4, 0.5) is 0 Å². The first kappa shape index (κ1) is 27.4. The zero-order valence-corrected chi connectivity index (χ0v) is 25.4. The molecule has 37 heavy (non-hydrogen) atoms. The van der Waals surface area contributed by atoms with Crippen LogP contribution in [-0.2, 0) is 14.3 Å². The number of rotatable bonds is 4. The van der Waals surface area contributed by atoms with Gasteiger partial charge in [-0.2, -0.15) is 0 Å². The van der Waals surface area contributed by atoms with Crippen molar-refractivity contribution in [3.63, 3.8) is 0 Å². The molecule has 5 aliphatic rings.